The Kier molecular flexibility index (Phi) is 2.19. The third-order valence-corrected chi connectivity index (χ3v) is 2.67. The fraction of sp³-hybridized carbons (Fsp3) is 0.500. The van der Waals surface area contributed by atoms with Gasteiger partial charge in [-0.05, 0) is 18.9 Å². The average molecular weight is 193 g/mol. The molecule has 4 heteroatoms. The Hall–Kier alpha value is -1.45. The van der Waals surface area contributed by atoms with Crippen LogP contribution < -0.4 is 16.2 Å². The van der Waals surface area contributed by atoms with E-state index in [1.807, 2.05) is 7.05 Å². The van der Waals surface area contributed by atoms with Crippen LogP contribution in [0, 0.1) is 0 Å². The van der Waals surface area contributed by atoms with Gasteiger partial charge >= 0.3 is 0 Å². The summed E-state index contributed by atoms with van der Waals surface area (Å²) < 4.78 is 1.77. The number of anilines is 2. The minimum absolute atomic E-state index is 0.0444. The minimum Gasteiger partial charge on any atom is -0.396 e. The van der Waals surface area contributed by atoms with Gasteiger partial charge in [0.1, 0.15) is 5.82 Å². The number of nitrogens with two attached hydrogens (primary N) is 1. The van der Waals surface area contributed by atoms with E-state index < -0.39 is 0 Å². The second-order valence-electron chi connectivity index (χ2n) is 3.73. The van der Waals surface area contributed by atoms with Crippen LogP contribution in [0.4, 0.5) is 11.5 Å². The highest BCUT2D eigenvalue weighted by Gasteiger charge is 2.15. The minimum atomic E-state index is 0.0444. The number of hydrogen-bond acceptors (Lipinski definition) is 3. The van der Waals surface area contributed by atoms with E-state index in [9.17, 15) is 4.79 Å². The largest absolute Gasteiger partial charge is 0.396 e. The van der Waals surface area contributed by atoms with Gasteiger partial charge in [0.2, 0.25) is 0 Å². The van der Waals surface area contributed by atoms with Crippen LogP contribution in [0.15, 0.2) is 16.9 Å². The van der Waals surface area contributed by atoms with Crippen molar-refractivity contribution in [2.45, 2.75) is 19.4 Å². The molecular formula is C10H15N3O. The molecule has 0 fully saturated rings. The Balaban J connectivity index is 2.63. The van der Waals surface area contributed by atoms with E-state index in [2.05, 4.69) is 4.90 Å². The number of nitrogen functional groups attached to an aromatic ring is 1. The molecule has 1 aromatic rings. The monoisotopic (exact) mass is 193 g/mol. The number of nitrogens with zero attached hydrogens (tertiary/aromatic N) is 2. The van der Waals surface area contributed by atoms with E-state index >= 15 is 0 Å². The molecule has 0 radical (unpaired) electrons. The molecule has 76 valence electrons. The van der Waals surface area contributed by atoms with Crippen LogP contribution in [0.5, 0.6) is 0 Å². The molecule has 0 atom stereocenters. The predicted octanol–water partition coefficient (Wildman–Crippen LogP) is 0.661. The van der Waals surface area contributed by atoms with E-state index in [1.165, 1.54) is 6.07 Å². The summed E-state index contributed by atoms with van der Waals surface area (Å²) in [6.45, 7) is 1.75. The van der Waals surface area contributed by atoms with Gasteiger partial charge in [-0.1, -0.05) is 0 Å². The van der Waals surface area contributed by atoms with Crippen molar-refractivity contribution < 1.29 is 0 Å². The molecular weight excluding hydrogens is 178 g/mol. The van der Waals surface area contributed by atoms with Gasteiger partial charge in [-0.3, -0.25) is 9.36 Å². The topological polar surface area (TPSA) is 51.3 Å². The van der Waals surface area contributed by atoms with Gasteiger partial charge in [0.15, 0.2) is 0 Å². The summed E-state index contributed by atoms with van der Waals surface area (Å²) in [5.74, 6) is 0.870. The van der Waals surface area contributed by atoms with Crippen LogP contribution in [-0.4, -0.2) is 18.2 Å². The van der Waals surface area contributed by atoms with Gasteiger partial charge in [-0.25, -0.2) is 0 Å². The smallest absolute Gasteiger partial charge is 0.252 e. The molecule has 1 aromatic heterocycles. The van der Waals surface area contributed by atoms with Gasteiger partial charge < -0.3 is 10.6 Å². The number of fused-ring (bicyclic) bond motifs is 1. The Morgan fingerprint density at radius 1 is 1.29 bits per heavy atom. The van der Waals surface area contributed by atoms with Gasteiger partial charge in [-0.2, -0.15) is 0 Å². The lowest BCUT2D eigenvalue weighted by Crippen LogP contribution is -2.27. The lowest BCUT2D eigenvalue weighted by Gasteiger charge is -2.21. The Morgan fingerprint density at radius 3 is 2.79 bits per heavy atom. The molecule has 0 bridgehead atoms. The first-order valence-corrected chi connectivity index (χ1v) is 4.90. The SMILES string of the molecule is CN1CCCCn2c1c(N)ccc2=O. The Bertz CT molecular complexity index is 397. The normalized spacial score (nSPS) is 16.2. The molecule has 14 heavy (non-hydrogen) atoms. The van der Waals surface area contributed by atoms with Crippen LogP contribution in [0.1, 0.15) is 12.8 Å². The lowest BCUT2D eigenvalue weighted by atomic mass is 10.3. The highest BCUT2D eigenvalue weighted by molar-refractivity contribution is 5.62. The molecule has 0 amide bonds. The zero-order valence-electron chi connectivity index (χ0n) is 8.36. The van der Waals surface area contributed by atoms with Gasteiger partial charge in [0.25, 0.3) is 5.56 Å². The van der Waals surface area contributed by atoms with Crippen LogP contribution in [0.3, 0.4) is 0 Å². The fourth-order valence-corrected chi connectivity index (χ4v) is 1.95. The molecule has 0 aliphatic carbocycles. The maximum absolute atomic E-state index is 11.6. The lowest BCUT2D eigenvalue weighted by molar-refractivity contribution is 0.637. The summed E-state index contributed by atoms with van der Waals surface area (Å²) >= 11 is 0. The molecule has 0 saturated carbocycles. The van der Waals surface area contributed by atoms with E-state index in [0.717, 1.165) is 31.7 Å². The van der Waals surface area contributed by atoms with Crippen LogP contribution >= 0.6 is 0 Å². The summed E-state index contributed by atoms with van der Waals surface area (Å²) in [7, 11) is 1.98. The summed E-state index contributed by atoms with van der Waals surface area (Å²) in [5, 5.41) is 0. The highest BCUT2D eigenvalue weighted by Crippen LogP contribution is 2.22. The van der Waals surface area contributed by atoms with Gasteiger partial charge in [-0.15, -0.1) is 0 Å². The van der Waals surface area contributed by atoms with Crippen molar-refractivity contribution in [2.24, 2.45) is 0 Å². The van der Waals surface area contributed by atoms with Crippen LogP contribution in [0.25, 0.3) is 0 Å². The first kappa shape index (κ1) is 9.12. The van der Waals surface area contributed by atoms with Crippen molar-refractivity contribution in [3.8, 4) is 0 Å². The number of hydrogen-bond donors (Lipinski definition) is 1. The van der Waals surface area contributed by atoms with Crippen molar-refractivity contribution in [3.63, 3.8) is 0 Å². The molecule has 2 N–H and O–H groups in total. The molecule has 0 unspecified atom stereocenters. The highest BCUT2D eigenvalue weighted by atomic mass is 16.1. The van der Waals surface area contributed by atoms with Crippen molar-refractivity contribution in [3.05, 3.63) is 22.5 Å². The molecule has 1 aliphatic rings. The van der Waals surface area contributed by atoms with Crippen LogP contribution in [0.2, 0.25) is 0 Å². The third-order valence-electron chi connectivity index (χ3n) is 2.67. The average Bonchev–Trinajstić information content (AvgIpc) is 2.35. The van der Waals surface area contributed by atoms with E-state index in [0.29, 0.717) is 5.69 Å². The zero-order chi connectivity index (χ0) is 10.1. The van der Waals surface area contributed by atoms with Crippen molar-refractivity contribution >= 4 is 11.5 Å². The first-order valence-electron chi connectivity index (χ1n) is 4.90. The molecule has 2 rings (SSSR count). The van der Waals surface area contributed by atoms with Crippen molar-refractivity contribution in [1.29, 1.82) is 0 Å². The summed E-state index contributed by atoms with van der Waals surface area (Å²) in [6.07, 6.45) is 2.15. The maximum Gasteiger partial charge on any atom is 0.252 e. The summed E-state index contributed by atoms with van der Waals surface area (Å²) in [5.41, 5.74) is 6.60. The predicted molar refractivity (Wildman–Crippen MR) is 57.6 cm³/mol. The zero-order valence-corrected chi connectivity index (χ0v) is 8.36. The summed E-state index contributed by atoms with van der Waals surface area (Å²) in [6, 6.07) is 3.23. The Labute approximate surface area is 82.9 Å². The number of rotatable bonds is 0. The van der Waals surface area contributed by atoms with Crippen molar-refractivity contribution in [1.82, 2.24) is 4.57 Å². The Morgan fingerprint density at radius 2 is 2.00 bits per heavy atom. The molecule has 0 spiro atoms. The second kappa shape index (κ2) is 3.36. The summed E-state index contributed by atoms with van der Waals surface area (Å²) in [4.78, 5) is 13.7. The van der Waals surface area contributed by atoms with E-state index in [4.69, 9.17) is 5.73 Å². The van der Waals surface area contributed by atoms with Gasteiger partial charge in [0, 0.05) is 26.2 Å². The fourth-order valence-electron chi connectivity index (χ4n) is 1.95. The van der Waals surface area contributed by atoms with Gasteiger partial charge in [0.05, 0.1) is 5.69 Å². The molecule has 0 aromatic carbocycles. The van der Waals surface area contributed by atoms with Crippen LogP contribution in [-0.2, 0) is 6.54 Å². The molecule has 4 nitrogen and oxygen atoms in total. The van der Waals surface area contributed by atoms with E-state index in [-0.39, 0.29) is 5.56 Å². The maximum atomic E-state index is 11.6. The quantitative estimate of drug-likeness (QED) is 0.658. The number of pyridine rings is 1. The van der Waals surface area contributed by atoms with Crippen molar-refractivity contribution in [2.75, 3.05) is 24.2 Å². The third kappa shape index (κ3) is 1.36. The first-order chi connectivity index (χ1) is 6.70. The standard InChI is InChI=1S/C10H15N3O/c1-12-6-2-3-7-13-9(14)5-4-8(11)10(12)13/h4-5H,2-3,6-7,11H2,1H3. The number of aromatic nitrogens is 1. The molecule has 0 saturated heterocycles. The molecule has 1 aliphatic heterocycles. The van der Waals surface area contributed by atoms with E-state index in [1.54, 1.807) is 10.6 Å². The molecule has 2 heterocycles. The second-order valence-corrected chi connectivity index (χ2v) is 3.73.